The van der Waals surface area contributed by atoms with Crippen molar-refractivity contribution in [3.05, 3.63) is 176 Å². The Morgan fingerprint density at radius 2 is 1.35 bits per heavy atom. The quantitative estimate of drug-likeness (QED) is 0.0181. The standard InChI is InChI=1S/C95H110Cl2F3N7O29/c1-6-45(25-42(2)3)88(127)105-75-64(114)30-52(33-72(101)117)89(128)104-74-51-31-69(133-67-22-17-49(77(75)118)28-59(67)96)85(136-93-86(84(125)82(123)71(40-109)135-93)132-54-26-43(4)87(126)94(5,36-54)103-37-44-10-12-46(13-11-44)47-14-19-53(20-15-47)95(98,99)100)70(32-51)134-68-23-18-50(29-60(68)97)78(119)76-91(130)107-92(131-41-110)57-35-63(113)58(38-102-24-8-7-9-62(112)80(121)83(124)81(122)66(116)39-108)79(120)73(57)56-27-48(16-21-61(56)111)55(34-65(74)115)90(129)106-76/h10-23,27-29,31-32,35,41-43,45,52,54-55,66,71,74-78,80-84,86-87,92-93,102-103,108-109,111,113,116,118-126H,6-9,24-26,30,33-34,36-40H2,1-5H3,(H2,101,117)(H,104,128)(H,105,127)(H,106,129)(H,107,130)/t43-,45-,52+,54-,55+,66-,71-,74-,75+,76+,77-,78-,80+,81-,82?,83-,84?,86-,87-,92-,93+,94?/m1/s1. The van der Waals surface area contributed by atoms with Gasteiger partial charge in [0.05, 0.1) is 58.4 Å². The number of ether oxygens (including phenoxy) is 6. The molecule has 36 nitrogen and oxygen atoms in total. The van der Waals surface area contributed by atoms with Gasteiger partial charge in [-0.15, -0.1) is 0 Å². The molecule has 14 rings (SSSR count). The predicted molar refractivity (Wildman–Crippen MR) is 477 cm³/mol. The lowest BCUT2D eigenvalue weighted by molar-refractivity contribution is -0.299. The van der Waals surface area contributed by atoms with E-state index in [2.05, 4.69) is 31.9 Å². The summed E-state index contributed by atoms with van der Waals surface area (Å²) < 4.78 is 79.6. The van der Waals surface area contributed by atoms with Crippen molar-refractivity contribution in [2.24, 2.45) is 29.4 Å². The molecule has 5 amide bonds. The lowest BCUT2D eigenvalue weighted by Crippen LogP contribution is -2.64. The molecule has 0 aromatic heterocycles. The minimum Gasteiger partial charge on any atom is -0.507 e. The van der Waals surface area contributed by atoms with Gasteiger partial charge in [-0.25, -0.2) is 0 Å². The predicted octanol–water partition coefficient (Wildman–Crippen LogP) is 6.01. The monoisotopic (exact) mass is 1940 g/mol. The minimum absolute atomic E-state index is 0.0154. The number of ketones is 3. The molecule has 6 heterocycles. The second-order valence-corrected chi connectivity index (χ2v) is 36.4. The Morgan fingerprint density at radius 3 is 1.94 bits per heavy atom. The number of hydrogen-bond donors (Lipinski definition) is 21. The number of fused-ring (bicyclic) bond motifs is 15. The average molecular weight is 1940 g/mol. The third-order valence-corrected chi connectivity index (χ3v) is 25.9. The molecule has 136 heavy (non-hydrogen) atoms. The van der Waals surface area contributed by atoms with Crippen molar-refractivity contribution in [3.8, 4) is 68.2 Å². The number of Topliss-reactive ketones (excluding diaryl/α,β-unsaturated/α-hetero) is 3. The molecule has 7 aromatic carbocycles. The van der Waals surface area contributed by atoms with E-state index in [4.69, 9.17) is 57.4 Å². The molecule has 7 aromatic rings. The molecule has 734 valence electrons. The molecule has 7 aliphatic rings. The fourth-order valence-electron chi connectivity index (χ4n) is 17.7. The molecule has 2 fully saturated rings. The number of carbonyl (C=O) groups excluding carboxylic acids is 9. The normalized spacial score (nSPS) is 26.1. The van der Waals surface area contributed by atoms with Crippen LogP contribution < -0.4 is 51.8 Å². The number of benzene rings is 7. The Hall–Kier alpha value is -11.1. The van der Waals surface area contributed by atoms with Gasteiger partial charge in [0, 0.05) is 66.9 Å². The fraction of sp³-hybridized carbons (Fsp3) is 0.463. The molecular weight excluding hydrogens is 1830 g/mol. The highest BCUT2D eigenvalue weighted by atomic mass is 35.5. The van der Waals surface area contributed by atoms with Crippen LogP contribution in [0.5, 0.6) is 46.0 Å². The van der Waals surface area contributed by atoms with Gasteiger partial charge in [-0.2, -0.15) is 13.2 Å². The van der Waals surface area contributed by atoms with Gasteiger partial charge in [0.15, 0.2) is 28.8 Å². The van der Waals surface area contributed by atoms with E-state index in [1.165, 1.54) is 30.3 Å². The van der Waals surface area contributed by atoms with Crippen LogP contribution >= 0.6 is 23.2 Å². The smallest absolute Gasteiger partial charge is 0.416 e. The summed E-state index contributed by atoms with van der Waals surface area (Å²) in [4.78, 5) is 132. The van der Waals surface area contributed by atoms with Crippen molar-refractivity contribution < 1.29 is 156 Å². The van der Waals surface area contributed by atoms with Gasteiger partial charge in [-0.3, -0.25) is 43.2 Å². The van der Waals surface area contributed by atoms with Crippen molar-refractivity contribution in [2.45, 2.75) is 233 Å². The van der Waals surface area contributed by atoms with Gasteiger partial charge in [-0.1, -0.05) is 105 Å². The Morgan fingerprint density at radius 1 is 0.713 bits per heavy atom. The number of nitrogens with one attached hydrogen (secondary N) is 6. The highest BCUT2D eigenvalue weighted by molar-refractivity contribution is 6.32. The number of phenols is 3. The van der Waals surface area contributed by atoms with Crippen molar-refractivity contribution in [1.82, 2.24) is 31.9 Å². The van der Waals surface area contributed by atoms with Crippen LogP contribution in [-0.2, 0) is 76.6 Å². The van der Waals surface area contributed by atoms with Gasteiger partial charge in [0.1, 0.15) is 108 Å². The number of amides is 5. The molecule has 41 heteroatoms. The topological polar surface area (TPSA) is 590 Å². The Labute approximate surface area is 787 Å². The largest absolute Gasteiger partial charge is 0.507 e. The highest BCUT2D eigenvalue weighted by Crippen LogP contribution is 2.52. The first-order valence-corrected chi connectivity index (χ1v) is 45.0. The van der Waals surface area contributed by atoms with Crippen LogP contribution in [-0.4, -0.2) is 230 Å². The Balaban J connectivity index is 0.998. The number of carbonyl (C=O) groups is 9. The summed E-state index contributed by atoms with van der Waals surface area (Å²) in [5.41, 5.74) is 2.68. The summed E-state index contributed by atoms with van der Waals surface area (Å²) in [5.74, 6) is -19.5. The van der Waals surface area contributed by atoms with Crippen molar-refractivity contribution in [1.29, 1.82) is 0 Å². The molecule has 0 radical (unpaired) electrons. The van der Waals surface area contributed by atoms with Gasteiger partial charge >= 0.3 is 6.18 Å². The molecule has 1 aliphatic carbocycles. The molecule has 6 aliphatic heterocycles. The average Bonchev–Trinajstić information content (AvgIpc) is 0.742. The van der Waals surface area contributed by atoms with Crippen LogP contribution in [0, 0.1) is 23.7 Å². The van der Waals surface area contributed by atoms with E-state index >= 15 is 24.0 Å². The first-order valence-electron chi connectivity index (χ1n) is 44.2. The van der Waals surface area contributed by atoms with Crippen LogP contribution in [0.3, 0.4) is 0 Å². The maximum atomic E-state index is 16.7. The molecule has 1 saturated carbocycles. The molecule has 3 unspecified atom stereocenters. The number of phenolic OH excluding ortho intramolecular Hbond substituents is 3. The Bertz CT molecular complexity index is 5530. The first kappa shape index (κ1) is 104. The van der Waals surface area contributed by atoms with E-state index in [1.807, 2.05) is 13.8 Å². The zero-order chi connectivity index (χ0) is 99.0. The zero-order valence-corrected chi connectivity index (χ0v) is 75.8. The summed E-state index contributed by atoms with van der Waals surface area (Å²) in [6.07, 6.45) is -33.8. The number of aliphatic hydroxyl groups is 11. The second kappa shape index (κ2) is 44.6. The maximum Gasteiger partial charge on any atom is 0.416 e. The number of primary amides is 1. The van der Waals surface area contributed by atoms with E-state index in [0.29, 0.717) is 23.1 Å². The van der Waals surface area contributed by atoms with Crippen LogP contribution in [0.2, 0.25) is 10.0 Å². The third kappa shape index (κ3) is 23.8. The number of aliphatic hydroxyl groups excluding tert-OH is 11. The number of rotatable bonds is 30. The van der Waals surface area contributed by atoms with Gasteiger partial charge < -0.3 is 138 Å². The summed E-state index contributed by atoms with van der Waals surface area (Å²) in [5, 5.41) is 175. The lowest BCUT2D eigenvalue weighted by Gasteiger charge is -2.48. The summed E-state index contributed by atoms with van der Waals surface area (Å²) in [6, 6.07) is 18.4. The van der Waals surface area contributed by atoms with Gasteiger partial charge in [0.25, 0.3) is 6.47 Å². The van der Waals surface area contributed by atoms with Gasteiger partial charge in [0.2, 0.25) is 47.8 Å². The SMILES string of the molecule is CC[C@H](CC(C)C)C(=O)N[C@H]1C(=O)C[C@@H](CC(N)=O)C(=O)N[C@H]2C(=O)C[C@@H]3C(=O)N[C@H](C(=O)N[C@H](OC=O)c4cc(O)c(CNCCCCC(=O)[C@H](O)[C@@H](O)[C@H](O)[C@H](O)CO)c(O)c4-c4cc3ccc4O)[C@H](O)c3ccc(c(Cl)c3)Oc3cc2cc(c3O[C@@H]2O[C@H](CO)C(O)C(O)[C@H]2O[C@@H]2C[C@@H](C)[C@@H](O)C(C)(NCc3ccc(-c4ccc(C(F)(F)F)cc4)cc3)C2)Oc2ccc(cc2Cl)[C@H]1O. The van der Waals surface area contributed by atoms with E-state index in [0.717, 1.165) is 66.7 Å². The zero-order valence-electron chi connectivity index (χ0n) is 74.3. The molecule has 22 N–H and O–H groups in total. The number of halogens is 5. The van der Waals surface area contributed by atoms with Crippen LogP contribution in [0.15, 0.2) is 121 Å². The fourth-order valence-corrected chi connectivity index (χ4v) is 18.2. The molecular formula is C95H110Cl2F3N7O29. The van der Waals surface area contributed by atoms with E-state index in [9.17, 15) is 104 Å². The summed E-state index contributed by atoms with van der Waals surface area (Å²) in [7, 11) is 0. The summed E-state index contributed by atoms with van der Waals surface area (Å²) in [6.45, 7) is 6.37. The first-order chi connectivity index (χ1) is 64.4. The molecule has 0 spiro atoms. The van der Waals surface area contributed by atoms with Crippen LogP contribution in [0.1, 0.15) is 174 Å². The van der Waals surface area contributed by atoms with Gasteiger partial charge in [-0.05, 0) is 170 Å². The molecule has 22 atom stereocenters. The lowest BCUT2D eigenvalue weighted by atomic mass is 9.73. The van der Waals surface area contributed by atoms with E-state index in [1.54, 1.807) is 45.0 Å². The molecule has 11 bridgehead atoms. The minimum atomic E-state index is -4.55. The number of nitrogens with two attached hydrogens (primary N) is 1. The summed E-state index contributed by atoms with van der Waals surface area (Å²) >= 11 is 14.5. The van der Waals surface area contributed by atoms with Crippen molar-refractivity contribution >= 4 is 76.6 Å². The number of alkyl halides is 3. The number of aromatic hydroxyl groups is 3. The van der Waals surface area contributed by atoms with Crippen molar-refractivity contribution in [3.63, 3.8) is 0 Å². The molecule has 1 saturated heterocycles. The second-order valence-electron chi connectivity index (χ2n) is 35.5. The highest BCUT2D eigenvalue weighted by Gasteiger charge is 2.52. The van der Waals surface area contributed by atoms with E-state index in [-0.39, 0.29) is 97.0 Å². The third-order valence-electron chi connectivity index (χ3n) is 25.3. The number of unbranched alkanes of at least 4 members (excludes halogenated alkanes) is 1. The van der Waals surface area contributed by atoms with Crippen molar-refractivity contribution in [2.75, 3.05) is 19.8 Å². The maximum absolute atomic E-state index is 16.7. The van der Waals surface area contributed by atoms with Crippen LogP contribution in [0.4, 0.5) is 13.2 Å². The van der Waals surface area contributed by atoms with E-state index < -0.39 is 298 Å². The van der Waals surface area contributed by atoms with Crippen LogP contribution in [0.25, 0.3) is 22.3 Å². The Kier molecular flexibility index (Phi) is 34.1. The number of hydrogen-bond acceptors (Lipinski definition) is 31.